The van der Waals surface area contributed by atoms with Crippen LogP contribution < -0.4 is 0 Å². The largest absolute Gasteiger partial charge is 0.464 e. The number of esters is 1. The molecule has 0 spiro atoms. The smallest absolute Gasteiger partial charge is 0.356 e. The topological polar surface area (TPSA) is 44.1 Å². The Kier molecular flexibility index (Phi) is 2.58. The number of ether oxygens (including phenoxy) is 1. The Bertz CT molecular complexity index is 358. The molecule has 0 unspecified atom stereocenters. The van der Waals surface area contributed by atoms with Gasteiger partial charge < -0.3 is 4.74 Å². The Morgan fingerprint density at radius 3 is 3.07 bits per heavy atom. The molecule has 1 aliphatic rings. The first kappa shape index (κ1) is 9.71. The number of carbonyl (C=O) groups is 1. The molecule has 0 amide bonds. The van der Waals surface area contributed by atoms with E-state index in [2.05, 4.69) is 25.8 Å². The molecule has 1 heterocycles. The highest BCUT2D eigenvalue weighted by Gasteiger charge is 2.25. The zero-order valence-electron chi connectivity index (χ0n) is 7.86. The first-order valence-corrected chi connectivity index (χ1v) is 5.31. The fraction of sp³-hybridized carbons (Fsp3) is 0.556. The van der Waals surface area contributed by atoms with Gasteiger partial charge in [0.1, 0.15) is 10.3 Å². The molecule has 4 nitrogen and oxygen atoms in total. The minimum absolute atomic E-state index is 0.330. The first-order valence-electron chi connectivity index (χ1n) is 4.52. The Balaban J connectivity index is 2.22. The summed E-state index contributed by atoms with van der Waals surface area (Å²) in [5.41, 5.74) is 0.520. The lowest BCUT2D eigenvalue weighted by Gasteiger charge is -2.03. The van der Waals surface area contributed by atoms with E-state index in [0.717, 1.165) is 6.54 Å². The molecule has 0 radical (unpaired) electrons. The predicted octanol–water partition coefficient (Wildman–Crippen LogP) is 1.84. The van der Waals surface area contributed by atoms with Crippen LogP contribution in [0.3, 0.4) is 0 Å². The van der Waals surface area contributed by atoms with Crippen LogP contribution in [0, 0.1) is 5.92 Å². The fourth-order valence-corrected chi connectivity index (χ4v) is 1.75. The first-order chi connectivity index (χ1) is 6.70. The Labute approximate surface area is 90.4 Å². The molecule has 1 fully saturated rings. The summed E-state index contributed by atoms with van der Waals surface area (Å²) >= 11 is 3.25. The minimum Gasteiger partial charge on any atom is -0.464 e. The average molecular weight is 259 g/mol. The monoisotopic (exact) mass is 258 g/mol. The molecule has 2 rings (SSSR count). The lowest BCUT2D eigenvalue weighted by atomic mass is 10.4. The highest BCUT2D eigenvalue weighted by molar-refractivity contribution is 9.10. The van der Waals surface area contributed by atoms with Gasteiger partial charge in [0.25, 0.3) is 0 Å². The summed E-state index contributed by atoms with van der Waals surface area (Å²) in [7, 11) is 1.38. The van der Waals surface area contributed by atoms with Crippen molar-refractivity contribution in [1.29, 1.82) is 0 Å². The van der Waals surface area contributed by atoms with E-state index >= 15 is 0 Å². The zero-order chi connectivity index (χ0) is 10.1. The van der Waals surface area contributed by atoms with Crippen LogP contribution in [0.25, 0.3) is 0 Å². The average Bonchev–Trinajstić information content (AvgIpc) is 2.89. The molecular formula is C9H11BrN2O2. The van der Waals surface area contributed by atoms with E-state index < -0.39 is 0 Å². The standard InChI is InChI=1S/C9H11BrN2O2/c1-14-9(13)7-4-8(10)11-12(7)5-6-2-3-6/h4,6H,2-3,5H2,1H3. The zero-order valence-corrected chi connectivity index (χ0v) is 9.45. The van der Waals surface area contributed by atoms with Crippen molar-refractivity contribution >= 4 is 21.9 Å². The van der Waals surface area contributed by atoms with Crippen LogP contribution in [0.1, 0.15) is 23.3 Å². The highest BCUT2D eigenvalue weighted by atomic mass is 79.9. The van der Waals surface area contributed by atoms with E-state index in [0.29, 0.717) is 16.2 Å². The maximum Gasteiger partial charge on any atom is 0.356 e. The van der Waals surface area contributed by atoms with Gasteiger partial charge in [0.05, 0.1) is 7.11 Å². The van der Waals surface area contributed by atoms with Crippen LogP contribution in [-0.4, -0.2) is 22.9 Å². The fourth-order valence-electron chi connectivity index (χ4n) is 1.34. The van der Waals surface area contributed by atoms with Gasteiger partial charge in [0.2, 0.25) is 0 Å². The van der Waals surface area contributed by atoms with Crippen LogP contribution in [-0.2, 0) is 11.3 Å². The van der Waals surface area contributed by atoms with Gasteiger partial charge in [-0.25, -0.2) is 4.79 Å². The lowest BCUT2D eigenvalue weighted by molar-refractivity contribution is 0.0586. The van der Waals surface area contributed by atoms with E-state index in [-0.39, 0.29) is 5.97 Å². The van der Waals surface area contributed by atoms with Crippen LogP contribution in [0.2, 0.25) is 0 Å². The SMILES string of the molecule is COC(=O)c1cc(Br)nn1CC1CC1. The molecule has 0 aliphatic heterocycles. The second-order valence-corrected chi connectivity index (χ2v) is 4.28. The number of hydrogen-bond donors (Lipinski definition) is 0. The molecule has 14 heavy (non-hydrogen) atoms. The molecule has 0 aromatic carbocycles. The van der Waals surface area contributed by atoms with E-state index in [4.69, 9.17) is 0 Å². The van der Waals surface area contributed by atoms with Crippen molar-refractivity contribution in [3.05, 3.63) is 16.4 Å². The van der Waals surface area contributed by atoms with E-state index in [1.807, 2.05) is 0 Å². The normalized spacial score (nSPS) is 15.6. The number of rotatable bonds is 3. The van der Waals surface area contributed by atoms with Gasteiger partial charge in [-0.1, -0.05) is 0 Å². The summed E-state index contributed by atoms with van der Waals surface area (Å²) in [5.74, 6) is 0.356. The molecule has 5 heteroatoms. The van der Waals surface area contributed by atoms with Gasteiger partial charge in [-0.15, -0.1) is 0 Å². The molecule has 0 saturated heterocycles. The summed E-state index contributed by atoms with van der Waals surface area (Å²) in [6.07, 6.45) is 2.47. The Morgan fingerprint density at radius 2 is 2.50 bits per heavy atom. The van der Waals surface area contributed by atoms with E-state index in [1.165, 1.54) is 20.0 Å². The van der Waals surface area contributed by atoms with Gasteiger partial charge in [0, 0.05) is 12.6 Å². The Morgan fingerprint density at radius 1 is 1.79 bits per heavy atom. The third-order valence-electron chi connectivity index (χ3n) is 2.27. The summed E-state index contributed by atoms with van der Waals surface area (Å²) in [6.45, 7) is 0.816. The van der Waals surface area contributed by atoms with Crippen LogP contribution >= 0.6 is 15.9 Å². The number of halogens is 1. The molecule has 76 valence electrons. The van der Waals surface area contributed by atoms with Crippen molar-refractivity contribution in [2.24, 2.45) is 5.92 Å². The van der Waals surface area contributed by atoms with E-state index in [9.17, 15) is 4.79 Å². The molecule has 1 aromatic rings. The lowest BCUT2D eigenvalue weighted by Crippen LogP contribution is -2.12. The summed E-state index contributed by atoms with van der Waals surface area (Å²) in [4.78, 5) is 11.3. The quantitative estimate of drug-likeness (QED) is 0.778. The van der Waals surface area contributed by atoms with Gasteiger partial charge >= 0.3 is 5.97 Å². The number of hydrogen-bond acceptors (Lipinski definition) is 3. The summed E-state index contributed by atoms with van der Waals surface area (Å²) in [6, 6.07) is 1.69. The van der Waals surface area contributed by atoms with Crippen molar-refractivity contribution in [3.63, 3.8) is 0 Å². The molecule has 1 aromatic heterocycles. The van der Waals surface area contributed by atoms with Crippen LogP contribution in [0.15, 0.2) is 10.7 Å². The molecule has 1 aliphatic carbocycles. The minimum atomic E-state index is -0.330. The third-order valence-corrected chi connectivity index (χ3v) is 2.66. The van der Waals surface area contributed by atoms with Crippen LogP contribution in [0.4, 0.5) is 0 Å². The van der Waals surface area contributed by atoms with Crippen molar-refractivity contribution in [3.8, 4) is 0 Å². The van der Waals surface area contributed by atoms with E-state index in [1.54, 1.807) is 10.7 Å². The Hall–Kier alpha value is -0.840. The second-order valence-electron chi connectivity index (χ2n) is 3.47. The molecule has 0 N–H and O–H groups in total. The second kappa shape index (κ2) is 3.73. The maximum absolute atomic E-state index is 11.3. The predicted molar refractivity (Wildman–Crippen MR) is 54.0 cm³/mol. The third kappa shape index (κ3) is 1.97. The van der Waals surface area contributed by atoms with Crippen molar-refractivity contribution in [2.45, 2.75) is 19.4 Å². The van der Waals surface area contributed by atoms with Gasteiger partial charge in [-0.05, 0) is 34.7 Å². The number of aromatic nitrogens is 2. The van der Waals surface area contributed by atoms with Gasteiger partial charge in [-0.3, -0.25) is 4.68 Å². The summed E-state index contributed by atoms with van der Waals surface area (Å²) in [5, 5.41) is 4.19. The van der Waals surface area contributed by atoms with Crippen molar-refractivity contribution in [2.75, 3.05) is 7.11 Å². The van der Waals surface area contributed by atoms with Gasteiger partial charge in [-0.2, -0.15) is 5.10 Å². The van der Waals surface area contributed by atoms with Crippen LogP contribution in [0.5, 0.6) is 0 Å². The van der Waals surface area contributed by atoms with Crippen molar-refractivity contribution < 1.29 is 9.53 Å². The number of carbonyl (C=O) groups excluding carboxylic acids is 1. The molecule has 1 saturated carbocycles. The van der Waals surface area contributed by atoms with Crippen molar-refractivity contribution in [1.82, 2.24) is 9.78 Å². The molecular weight excluding hydrogens is 248 g/mol. The van der Waals surface area contributed by atoms with Gasteiger partial charge in [0.15, 0.2) is 0 Å². The maximum atomic E-state index is 11.3. The number of methoxy groups -OCH3 is 1. The molecule has 0 bridgehead atoms. The summed E-state index contributed by atoms with van der Waals surface area (Å²) < 4.78 is 7.07. The highest BCUT2D eigenvalue weighted by Crippen LogP contribution is 2.31. The molecule has 0 atom stereocenters. The number of nitrogens with zero attached hydrogens (tertiary/aromatic N) is 2.